The summed E-state index contributed by atoms with van der Waals surface area (Å²) in [6.07, 6.45) is 5.03. The lowest BCUT2D eigenvalue weighted by molar-refractivity contribution is -0.132. The molecule has 2 aliphatic rings. The molecule has 184 valence electrons. The number of carbonyl (C=O) groups excluding carboxylic acids is 2. The number of hydrogen-bond donors (Lipinski definition) is 2. The van der Waals surface area contributed by atoms with Crippen molar-refractivity contribution in [1.29, 1.82) is 0 Å². The molecule has 1 aromatic carbocycles. The molecule has 0 radical (unpaired) electrons. The van der Waals surface area contributed by atoms with Crippen LogP contribution in [0.25, 0.3) is 0 Å². The van der Waals surface area contributed by atoms with Crippen molar-refractivity contribution in [2.75, 3.05) is 26.3 Å². The molecule has 1 aromatic rings. The molecule has 1 heterocycles. The topological polar surface area (TPSA) is 105 Å². The summed E-state index contributed by atoms with van der Waals surface area (Å²) >= 11 is 0. The van der Waals surface area contributed by atoms with E-state index in [2.05, 4.69) is 10.6 Å². The van der Waals surface area contributed by atoms with Crippen LogP contribution in [0, 0.1) is 11.8 Å². The second-order valence-corrected chi connectivity index (χ2v) is 11.3. The van der Waals surface area contributed by atoms with Gasteiger partial charge in [-0.1, -0.05) is 57.4 Å². The molecule has 0 aromatic heterocycles. The van der Waals surface area contributed by atoms with Crippen LogP contribution in [0.3, 0.4) is 0 Å². The molecule has 1 aliphatic carbocycles. The Bertz CT molecular complexity index is 906. The van der Waals surface area contributed by atoms with E-state index in [0.29, 0.717) is 31.9 Å². The normalized spacial score (nSPS) is 19.2. The highest BCUT2D eigenvalue weighted by Gasteiger charge is 2.29. The molecule has 1 atom stereocenters. The molecule has 9 heteroatoms. The van der Waals surface area contributed by atoms with Gasteiger partial charge in [0.05, 0.1) is 19.0 Å². The Labute approximate surface area is 197 Å². The van der Waals surface area contributed by atoms with Gasteiger partial charge in [0.15, 0.2) is 0 Å². The number of amides is 2. The quantitative estimate of drug-likeness (QED) is 0.565. The van der Waals surface area contributed by atoms with Crippen molar-refractivity contribution in [1.82, 2.24) is 14.9 Å². The minimum atomic E-state index is -3.47. The van der Waals surface area contributed by atoms with Gasteiger partial charge in [-0.25, -0.2) is 8.42 Å². The van der Waals surface area contributed by atoms with Crippen molar-refractivity contribution in [2.24, 2.45) is 11.8 Å². The van der Waals surface area contributed by atoms with Gasteiger partial charge in [-0.05, 0) is 29.9 Å². The Morgan fingerprint density at radius 2 is 1.70 bits per heavy atom. The number of sulfonamides is 1. The Morgan fingerprint density at radius 3 is 2.33 bits per heavy atom. The average molecular weight is 480 g/mol. The number of rotatable bonds is 9. The first-order valence-electron chi connectivity index (χ1n) is 12.0. The van der Waals surface area contributed by atoms with Crippen LogP contribution in [0.1, 0.15) is 57.1 Å². The average Bonchev–Trinajstić information content (AvgIpc) is 2.82. The fraction of sp³-hybridized carbons (Fsp3) is 0.667. The molecule has 1 saturated heterocycles. The molecule has 33 heavy (non-hydrogen) atoms. The smallest absolute Gasteiger partial charge is 0.243 e. The maximum atomic E-state index is 13.0. The number of nitrogens with zero attached hydrogens (tertiary/aromatic N) is 1. The van der Waals surface area contributed by atoms with Crippen LogP contribution < -0.4 is 10.6 Å². The van der Waals surface area contributed by atoms with E-state index < -0.39 is 16.1 Å². The number of nitrogens with one attached hydrogen (secondary N) is 2. The van der Waals surface area contributed by atoms with Gasteiger partial charge in [0.2, 0.25) is 21.8 Å². The highest BCUT2D eigenvalue weighted by molar-refractivity contribution is 7.88. The van der Waals surface area contributed by atoms with E-state index in [1.807, 2.05) is 26.0 Å². The lowest BCUT2D eigenvalue weighted by Crippen LogP contribution is -2.51. The summed E-state index contributed by atoms with van der Waals surface area (Å²) in [6, 6.07) is 6.62. The molecule has 1 saturated carbocycles. The van der Waals surface area contributed by atoms with E-state index in [1.54, 1.807) is 12.1 Å². The van der Waals surface area contributed by atoms with Gasteiger partial charge < -0.3 is 15.4 Å². The molecule has 8 nitrogen and oxygen atoms in total. The number of benzene rings is 1. The SMILES string of the molecule is CC(C)C(NC(=O)C1CCCCC1)C(=O)NCc1ccccc1CS(=O)(=O)N1CCOCC1. The molecular formula is C24H37N3O5S. The molecule has 2 fully saturated rings. The highest BCUT2D eigenvalue weighted by Crippen LogP contribution is 2.24. The summed E-state index contributed by atoms with van der Waals surface area (Å²) in [5.74, 6) is -0.487. The summed E-state index contributed by atoms with van der Waals surface area (Å²) in [4.78, 5) is 25.6. The molecule has 0 bridgehead atoms. The first-order valence-corrected chi connectivity index (χ1v) is 13.6. The number of hydrogen-bond acceptors (Lipinski definition) is 5. The van der Waals surface area contributed by atoms with Gasteiger partial charge >= 0.3 is 0 Å². The lowest BCUT2D eigenvalue weighted by Gasteiger charge is -2.27. The standard InChI is InChI=1S/C24H37N3O5S/c1-18(2)22(26-23(28)19-8-4-3-5-9-19)24(29)25-16-20-10-6-7-11-21(20)17-33(30,31)27-12-14-32-15-13-27/h6-7,10-11,18-19,22H,3-5,8-9,12-17H2,1-2H3,(H,25,29)(H,26,28). The van der Waals surface area contributed by atoms with Crippen LogP contribution in [-0.4, -0.2) is 56.9 Å². The van der Waals surface area contributed by atoms with Crippen molar-refractivity contribution in [2.45, 2.75) is 64.3 Å². The minimum absolute atomic E-state index is 0.0149. The van der Waals surface area contributed by atoms with Crippen LogP contribution >= 0.6 is 0 Å². The van der Waals surface area contributed by atoms with E-state index >= 15 is 0 Å². The van der Waals surface area contributed by atoms with Crippen molar-refractivity contribution in [3.63, 3.8) is 0 Å². The fourth-order valence-electron chi connectivity index (χ4n) is 4.45. The molecule has 0 spiro atoms. The maximum Gasteiger partial charge on any atom is 0.243 e. The van der Waals surface area contributed by atoms with Crippen molar-refractivity contribution < 1.29 is 22.7 Å². The molecule has 1 unspecified atom stereocenters. The summed E-state index contributed by atoms with van der Waals surface area (Å²) in [5, 5.41) is 5.87. The van der Waals surface area contributed by atoms with Gasteiger partial charge in [-0.3, -0.25) is 9.59 Å². The monoisotopic (exact) mass is 479 g/mol. The summed E-state index contributed by atoms with van der Waals surface area (Å²) in [5.41, 5.74) is 1.42. The zero-order chi connectivity index (χ0) is 23.8. The van der Waals surface area contributed by atoms with Crippen LogP contribution in [0.2, 0.25) is 0 Å². The second-order valence-electron chi connectivity index (χ2n) is 9.32. The van der Waals surface area contributed by atoms with Crippen molar-refractivity contribution in [3.8, 4) is 0 Å². The molecule has 2 amide bonds. The van der Waals surface area contributed by atoms with Crippen molar-refractivity contribution in [3.05, 3.63) is 35.4 Å². The first-order chi connectivity index (χ1) is 15.8. The third kappa shape index (κ3) is 7.25. The van der Waals surface area contributed by atoms with E-state index in [0.717, 1.165) is 31.2 Å². The predicted molar refractivity (Wildman–Crippen MR) is 127 cm³/mol. The Kier molecular flexibility index (Phi) is 9.28. The zero-order valence-corrected chi connectivity index (χ0v) is 20.5. The van der Waals surface area contributed by atoms with E-state index in [1.165, 1.54) is 10.7 Å². The fourth-order valence-corrected chi connectivity index (χ4v) is 6.01. The van der Waals surface area contributed by atoms with Gasteiger partial charge in [0, 0.05) is 25.6 Å². The molecule has 3 rings (SSSR count). The summed E-state index contributed by atoms with van der Waals surface area (Å²) in [6.45, 7) is 5.55. The van der Waals surface area contributed by atoms with Crippen LogP contribution in [0.4, 0.5) is 0 Å². The third-order valence-corrected chi connectivity index (χ3v) is 8.32. The minimum Gasteiger partial charge on any atom is -0.379 e. The Hall–Kier alpha value is -1.97. The summed E-state index contributed by atoms with van der Waals surface area (Å²) < 4.78 is 32.4. The largest absolute Gasteiger partial charge is 0.379 e. The highest BCUT2D eigenvalue weighted by atomic mass is 32.2. The number of morpholine rings is 1. The third-order valence-electron chi connectivity index (χ3n) is 6.50. The van der Waals surface area contributed by atoms with Gasteiger partial charge in [-0.15, -0.1) is 0 Å². The Morgan fingerprint density at radius 1 is 1.06 bits per heavy atom. The Balaban J connectivity index is 1.62. The number of ether oxygens (including phenoxy) is 1. The van der Waals surface area contributed by atoms with E-state index in [9.17, 15) is 18.0 Å². The maximum absolute atomic E-state index is 13.0. The summed E-state index contributed by atoms with van der Waals surface area (Å²) in [7, 11) is -3.47. The van der Waals surface area contributed by atoms with Gasteiger partial charge in [-0.2, -0.15) is 4.31 Å². The van der Waals surface area contributed by atoms with Crippen LogP contribution in [-0.2, 0) is 36.6 Å². The number of carbonyl (C=O) groups is 2. The molecular weight excluding hydrogens is 442 g/mol. The van der Waals surface area contributed by atoms with Crippen molar-refractivity contribution >= 4 is 21.8 Å². The van der Waals surface area contributed by atoms with E-state index in [4.69, 9.17) is 4.74 Å². The second kappa shape index (κ2) is 11.9. The van der Waals surface area contributed by atoms with Crippen LogP contribution in [0.15, 0.2) is 24.3 Å². The molecule has 1 aliphatic heterocycles. The molecule has 2 N–H and O–H groups in total. The predicted octanol–water partition coefficient (Wildman–Crippen LogP) is 2.19. The van der Waals surface area contributed by atoms with Gasteiger partial charge in [0.1, 0.15) is 6.04 Å². The van der Waals surface area contributed by atoms with Crippen LogP contribution in [0.5, 0.6) is 0 Å². The van der Waals surface area contributed by atoms with E-state index in [-0.39, 0.29) is 35.9 Å². The zero-order valence-electron chi connectivity index (χ0n) is 19.7. The lowest BCUT2D eigenvalue weighted by atomic mass is 9.88. The van der Waals surface area contributed by atoms with Gasteiger partial charge in [0.25, 0.3) is 0 Å². The first kappa shape index (κ1) is 25.6.